The third kappa shape index (κ3) is 2.93. The van der Waals surface area contributed by atoms with Crippen molar-refractivity contribution < 1.29 is 4.79 Å². The van der Waals surface area contributed by atoms with Crippen molar-refractivity contribution in [3.8, 4) is 0 Å². The number of rotatable bonds is 2. The van der Waals surface area contributed by atoms with Crippen LogP contribution in [0, 0.1) is 13.8 Å². The van der Waals surface area contributed by atoms with Crippen LogP contribution in [0.1, 0.15) is 20.9 Å². The molecule has 0 fully saturated rings. The Morgan fingerprint density at radius 1 is 1.25 bits per heavy atom. The van der Waals surface area contributed by atoms with Gasteiger partial charge < -0.3 is 11.1 Å². The number of nitrogen functional groups attached to an aromatic ring is 1. The van der Waals surface area contributed by atoms with Gasteiger partial charge in [0.15, 0.2) is 0 Å². The number of benzene rings is 1. The van der Waals surface area contributed by atoms with Crippen LogP contribution in [0.5, 0.6) is 0 Å². The van der Waals surface area contributed by atoms with Gasteiger partial charge in [-0.1, -0.05) is 34.8 Å². The van der Waals surface area contributed by atoms with E-state index in [9.17, 15) is 4.79 Å². The SMILES string of the molecule is Cc1nc2sc(C(=O)Nc3ccc(Cl)cc3Cl)c(N)c2c(C)c1Cl. The van der Waals surface area contributed by atoms with Crippen molar-refractivity contribution in [1.82, 2.24) is 4.98 Å². The standard InChI is InChI=1S/C16H12Cl3N3OS/c1-6-11-13(20)14(24-16(11)21-7(2)12(6)19)15(23)22-10-4-3-8(17)5-9(10)18/h3-5H,20H2,1-2H3,(H,22,23). The minimum atomic E-state index is -0.354. The number of anilines is 2. The quantitative estimate of drug-likeness (QED) is 0.579. The molecular formula is C16H12Cl3N3OS. The summed E-state index contributed by atoms with van der Waals surface area (Å²) in [6.45, 7) is 3.68. The third-order valence-corrected chi connectivity index (χ3v) is 5.81. The lowest BCUT2D eigenvalue weighted by Gasteiger charge is -2.07. The fraction of sp³-hybridized carbons (Fsp3) is 0.125. The van der Waals surface area contributed by atoms with Crippen LogP contribution in [-0.4, -0.2) is 10.9 Å². The lowest BCUT2D eigenvalue weighted by Crippen LogP contribution is -2.12. The van der Waals surface area contributed by atoms with Crippen LogP contribution in [0.2, 0.25) is 15.1 Å². The number of hydrogen-bond acceptors (Lipinski definition) is 4. The molecule has 2 aromatic heterocycles. The Labute approximate surface area is 157 Å². The van der Waals surface area contributed by atoms with Crippen molar-refractivity contribution in [2.75, 3.05) is 11.1 Å². The molecule has 1 amide bonds. The van der Waals surface area contributed by atoms with Gasteiger partial charge in [0.05, 0.1) is 27.1 Å². The van der Waals surface area contributed by atoms with E-state index in [0.29, 0.717) is 47.2 Å². The van der Waals surface area contributed by atoms with Gasteiger partial charge in [-0.15, -0.1) is 11.3 Å². The van der Waals surface area contributed by atoms with E-state index in [-0.39, 0.29) is 5.91 Å². The van der Waals surface area contributed by atoms with Gasteiger partial charge in [-0.05, 0) is 37.6 Å². The molecule has 124 valence electrons. The highest BCUT2D eigenvalue weighted by atomic mass is 35.5. The van der Waals surface area contributed by atoms with Crippen LogP contribution < -0.4 is 11.1 Å². The first-order valence-electron chi connectivity index (χ1n) is 6.90. The maximum atomic E-state index is 12.6. The molecule has 0 atom stereocenters. The molecule has 3 N–H and O–H groups in total. The summed E-state index contributed by atoms with van der Waals surface area (Å²) in [5, 5.41) is 4.85. The molecule has 0 saturated carbocycles. The first-order chi connectivity index (χ1) is 11.3. The second kappa shape index (κ2) is 6.41. The molecule has 0 radical (unpaired) electrons. The minimum Gasteiger partial charge on any atom is -0.397 e. The summed E-state index contributed by atoms with van der Waals surface area (Å²) in [5.41, 5.74) is 8.52. The van der Waals surface area contributed by atoms with Gasteiger partial charge in [0.2, 0.25) is 0 Å². The second-order valence-electron chi connectivity index (χ2n) is 5.24. The number of amides is 1. The molecule has 4 nitrogen and oxygen atoms in total. The average Bonchev–Trinajstić information content (AvgIpc) is 2.84. The number of nitrogens with two attached hydrogens (primary N) is 1. The Kier molecular flexibility index (Phi) is 4.62. The van der Waals surface area contributed by atoms with Crippen molar-refractivity contribution in [3.63, 3.8) is 0 Å². The number of aromatic nitrogens is 1. The van der Waals surface area contributed by atoms with E-state index >= 15 is 0 Å². The number of carbonyl (C=O) groups is 1. The van der Waals surface area contributed by atoms with Gasteiger partial charge in [-0.25, -0.2) is 4.98 Å². The molecular weight excluding hydrogens is 389 g/mol. The predicted molar refractivity (Wildman–Crippen MR) is 103 cm³/mol. The van der Waals surface area contributed by atoms with E-state index < -0.39 is 0 Å². The van der Waals surface area contributed by atoms with Crippen LogP contribution in [0.3, 0.4) is 0 Å². The number of carbonyl (C=O) groups excluding carboxylic acids is 1. The smallest absolute Gasteiger partial charge is 0.267 e. The summed E-state index contributed by atoms with van der Waals surface area (Å²) in [5.74, 6) is -0.354. The topological polar surface area (TPSA) is 68.0 Å². The highest BCUT2D eigenvalue weighted by molar-refractivity contribution is 7.21. The van der Waals surface area contributed by atoms with Crippen LogP contribution in [0.4, 0.5) is 11.4 Å². The molecule has 3 aromatic rings. The van der Waals surface area contributed by atoms with Crippen molar-refractivity contribution in [2.24, 2.45) is 0 Å². The van der Waals surface area contributed by atoms with Crippen LogP contribution in [-0.2, 0) is 0 Å². The van der Waals surface area contributed by atoms with Gasteiger partial charge in [0.25, 0.3) is 5.91 Å². The average molecular weight is 401 g/mol. The van der Waals surface area contributed by atoms with Crippen molar-refractivity contribution in [2.45, 2.75) is 13.8 Å². The predicted octanol–water partition coefficient (Wildman–Crippen LogP) is 5.71. The summed E-state index contributed by atoms with van der Waals surface area (Å²) in [4.78, 5) is 18.1. The number of nitrogens with zero attached hydrogens (tertiary/aromatic N) is 1. The first kappa shape index (κ1) is 17.3. The zero-order chi connectivity index (χ0) is 17.6. The molecule has 0 unspecified atom stereocenters. The highest BCUT2D eigenvalue weighted by Crippen LogP contribution is 2.38. The minimum absolute atomic E-state index is 0.351. The molecule has 8 heteroatoms. The molecule has 1 aromatic carbocycles. The molecule has 0 bridgehead atoms. The number of aryl methyl sites for hydroxylation is 2. The molecule has 0 spiro atoms. The zero-order valence-corrected chi connectivity index (χ0v) is 15.8. The van der Waals surface area contributed by atoms with Gasteiger partial charge in [-0.2, -0.15) is 0 Å². The monoisotopic (exact) mass is 399 g/mol. The number of fused-ring (bicyclic) bond motifs is 1. The van der Waals surface area contributed by atoms with Gasteiger partial charge >= 0.3 is 0 Å². The molecule has 3 rings (SSSR count). The largest absolute Gasteiger partial charge is 0.397 e. The van der Waals surface area contributed by atoms with E-state index in [4.69, 9.17) is 40.5 Å². The summed E-state index contributed by atoms with van der Waals surface area (Å²) < 4.78 is 0. The van der Waals surface area contributed by atoms with Gasteiger partial charge in [-0.3, -0.25) is 4.79 Å². The lowest BCUT2D eigenvalue weighted by molar-refractivity contribution is 0.103. The normalized spacial score (nSPS) is 11.0. The maximum absolute atomic E-state index is 12.6. The molecule has 0 aliphatic rings. The third-order valence-electron chi connectivity index (χ3n) is 3.60. The van der Waals surface area contributed by atoms with Gasteiger partial charge in [0.1, 0.15) is 9.71 Å². The molecule has 2 heterocycles. The molecule has 0 saturated heterocycles. The van der Waals surface area contributed by atoms with Crippen LogP contribution in [0.25, 0.3) is 10.2 Å². The second-order valence-corrected chi connectivity index (χ2v) is 7.46. The number of pyridine rings is 1. The fourth-order valence-corrected chi connectivity index (χ4v) is 4.08. The summed E-state index contributed by atoms with van der Waals surface area (Å²) in [6, 6.07) is 4.84. The van der Waals surface area contributed by atoms with Gasteiger partial charge in [0, 0.05) is 10.4 Å². The molecule has 0 aliphatic heterocycles. The van der Waals surface area contributed by atoms with Crippen molar-refractivity contribution in [3.05, 3.63) is 49.4 Å². The fourth-order valence-electron chi connectivity index (χ4n) is 2.39. The Morgan fingerprint density at radius 3 is 2.62 bits per heavy atom. The zero-order valence-electron chi connectivity index (χ0n) is 12.7. The number of nitrogens with one attached hydrogen (secondary N) is 1. The Hall–Kier alpha value is -1.53. The van der Waals surface area contributed by atoms with E-state index in [1.54, 1.807) is 18.2 Å². The maximum Gasteiger partial charge on any atom is 0.267 e. The van der Waals surface area contributed by atoms with Crippen molar-refractivity contribution in [1.29, 1.82) is 0 Å². The summed E-state index contributed by atoms with van der Waals surface area (Å²) >= 11 is 19.4. The highest BCUT2D eigenvalue weighted by Gasteiger charge is 2.21. The Morgan fingerprint density at radius 2 is 1.96 bits per heavy atom. The van der Waals surface area contributed by atoms with E-state index in [1.807, 2.05) is 13.8 Å². The number of thiophene rings is 1. The van der Waals surface area contributed by atoms with E-state index in [1.165, 1.54) is 11.3 Å². The number of hydrogen-bond donors (Lipinski definition) is 2. The van der Waals surface area contributed by atoms with Crippen molar-refractivity contribution >= 4 is 73.6 Å². The number of halogens is 3. The first-order valence-corrected chi connectivity index (χ1v) is 8.85. The van der Waals surface area contributed by atoms with Crippen LogP contribution >= 0.6 is 46.1 Å². The van der Waals surface area contributed by atoms with E-state index in [0.717, 1.165) is 5.56 Å². The summed E-state index contributed by atoms with van der Waals surface area (Å²) in [7, 11) is 0. The van der Waals surface area contributed by atoms with Crippen LogP contribution in [0.15, 0.2) is 18.2 Å². The Bertz CT molecular complexity index is 985. The van der Waals surface area contributed by atoms with E-state index in [2.05, 4.69) is 10.3 Å². The lowest BCUT2D eigenvalue weighted by atomic mass is 10.1. The Balaban J connectivity index is 2.04. The summed E-state index contributed by atoms with van der Waals surface area (Å²) in [6.07, 6.45) is 0. The molecule has 0 aliphatic carbocycles. The molecule has 24 heavy (non-hydrogen) atoms.